The van der Waals surface area contributed by atoms with Crippen LogP contribution in [0.4, 0.5) is 11.4 Å². The molecular formula is C25H25BrN2O5S. The predicted octanol–water partition coefficient (Wildman–Crippen LogP) is 5.01. The molecule has 0 saturated carbocycles. The Balaban J connectivity index is 1.38. The summed E-state index contributed by atoms with van der Waals surface area (Å²) < 4.78 is 39.9. The minimum Gasteiger partial charge on any atom is -0.494 e. The highest BCUT2D eigenvalue weighted by molar-refractivity contribution is 9.10. The van der Waals surface area contributed by atoms with Gasteiger partial charge >= 0.3 is 0 Å². The van der Waals surface area contributed by atoms with Crippen molar-refractivity contribution in [3.05, 3.63) is 76.8 Å². The number of nitrogens with zero attached hydrogens (tertiary/aromatic N) is 1. The number of ether oxygens (including phenoxy) is 2. The number of benzene rings is 3. The number of carbonyl (C=O) groups is 1. The maximum atomic E-state index is 12.8. The third kappa shape index (κ3) is 5.37. The van der Waals surface area contributed by atoms with E-state index >= 15 is 0 Å². The Morgan fingerprint density at radius 1 is 1.03 bits per heavy atom. The summed E-state index contributed by atoms with van der Waals surface area (Å²) in [6.45, 7) is 4.28. The van der Waals surface area contributed by atoms with Crippen LogP contribution in [0.2, 0.25) is 0 Å². The second-order valence-electron chi connectivity index (χ2n) is 7.91. The largest absolute Gasteiger partial charge is 0.494 e. The summed E-state index contributed by atoms with van der Waals surface area (Å²) in [5, 5.41) is 0. The first kappa shape index (κ1) is 24.1. The molecule has 0 saturated heterocycles. The Hall–Kier alpha value is -3.04. The molecule has 1 aliphatic heterocycles. The molecule has 1 heterocycles. The number of hydrogen-bond acceptors (Lipinski definition) is 5. The van der Waals surface area contributed by atoms with Gasteiger partial charge in [0.15, 0.2) is 6.61 Å². The summed E-state index contributed by atoms with van der Waals surface area (Å²) in [6, 6.07) is 18.6. The van der Waals surface area contributed by atoms with E-state index in [4.69, 9.17) is 9.47 Å². The molecule has 3 aromatic carbocycles. The Bertz CT molecular complexity index is 1280. The van der Waals surface area contributed by atoms with Crippen molar-refractivity contribution in [2.75, 3.05) is 22.8 Å². The maximum absolute atomic E-state index is 12.8. The smallest absolute Gasteiger partial charge is 0.265 e. The van der Waals surface area contributed by atoms with Gasteiger partial charge in [-0.3, -0.25) is 9.52 Å². The first-order valence-corrected chi connectivity index (χ1v) is 13.1. The number of nitrogens with one attached hydrogen (secondary N) is 1. The third-order valence-corrected chi connectivity index (χ3v) is 7.33. The van der Waals surface area contributed by atoms with Gasteiger partial charge in [0.2, 0.25) is 0 Å². The fraction of sp³-hybridized carbons (Fsp3) is 0.240. The zero-order chi connectivity index (χ0) is 24.3. The summed E-state index contributed by atoms with van der Waals surface area (Å²) in [5.41, 5.74) is 2.44. The van der Waals surface area contributed by atoms with Gasteiger partial charge in [0, 0.05) is 21.9 Å². The Kier molecular flexibility index (Phi) is 7.13. The van der Waals surface area contributed by atoms with E-state index in [0.717, 1.165) is 22.1 Å². The van der Waals surface area contributed by atoms with Crippen LogP contribution >= 0.6 is 15.9 Å². The van der Waals surface area contributed by atoms with Crippen LogP contribution in [-0.4, -0.2) is 33.6 Å². The number of carbonyl (C=O) groups excluding carboxylic acids is 1. The maximum Gasteiger partial charge on any atom is 0.265 e. The molecule has 0 aliphatic carbocycles. The standard InChI is InChI=1S/C25H25BrN2O5S/c1-3-32-21-7-5-20(6-8-21)27-34(30,31)23-11-9-22(10-12-23)33-16-25(29)28-17(2)14-18-15-19(26)4-13-24(18)28/h4-13,15,17,27H,3,14,16H2,1-2H3/t17-/m0/s1. The van der Waals surface area contributed by atoms with Crippen molar-refractivity contribution in [3.8, 4) is 11.5 Å². The second kappa shape index (κ2) is 10.1. The van der Waals surface area contributed by atoms with Gasteiger partial charge in [-0.1, -0.05) is 15.9 Å². The fourth-order valence-corrected chi connectivity index (χ4v) is 5.38. The summed E-state index contributed by atoms with van der Waals surface area (Å²) in [5.74, 6) is 0.930. The van der Waals surface area contributed by atoms with Gasteiger partial charge < -0.3 is 14.4 Å². The molecule has 178 valence electrons. The van der Waals surface area contributed by atoms with E-state index in [9.17, 15) is 13.2 Å². The van der Waals surface area contributed by atoms with Crippen LogP contribution in [0.1, 0.15) is 19.4 Å². The van der Waals surface area contributed by atoms with Gasteiger partial charge in [0.05, 0.1) is 11.5 Å². The first-order valence-electron chi connectivity index (χ1n) is 10.9. The molecule has 3 aromatic rings. The average molecular weight is 545 g/mol. The Labute approximate surface area is 207 Å². The van der Waals surface area contributed by atoms with Crippen molar-refractivity contribution in [2.24, 2.45) is 0 Å². The predicted molar refractivity (Wildman–Crippen MR) is 135 cm³/mol. The fourth-order valence-electron chi connectivity index (χ4n) is 3.91. The molecule has 34 heavy (non-hydrogen) atoms. The molecule has 0 fully saturated rings. The van der Waals surface area contributed by atoms with Gasteiger partial charge in [-0.25, -0.2) is 8.42 Å². The summed E-state index contributed by atoms with van der Waals surface area (Å²) >= 11 is 3.47. The lowest BCUT2D eigenvalue weighted by Crippen LogP contribution is -2.39. The second-order valence-corrected chi connectivity index (χ2v) is 10.5. The molecule has 0 unspecified atom stereocenters. The topological polar surface area (TPSA) is 84.9 Å². The highest BCUT2D eigenvalue weighted by atomic mass is 79.9. The van der Waals surface area contributed by atoms with Crippen LogP contribution in [-0.2, 0) is 21.2 Å². The first-order chi connectivity index (χ1) is 16.3. The number of fused-ring (bicyclic) bond motifs is 1. The van der Waals surface area contributed by atoms with Crippen LogP contribution < -0.4 is 19.1 Å². The van der Waals surface area contributed by atoms with E-state index in [1.807, 2.05) is 32.0 Å². The quantitative estimate of drug-likeness (QED) is 0.431. The van der Waals surface area contributed by atoms with Gasteiger partial charge in [-0.2, -0.15) is 0 Å². The monoisotopic (exact) mass is 544 g/mol. The van der Waals surface area contributed by atoms with E-state index in [2.05, 4.69) is 20.7 Å². The molecule has 0 spiro atoms. The number of halogens is 1. The van der Waals surface area contributed by atoms with Gasteiger partial charge in [-0.15, -0.1) is 0 Å². The highest BCUT2D eigenvalue weighted by Gasteiger charge is 2.31. The summed E-state index contributed by atoms with van der Waals surface area (Å²) in [4.78, 5) is 14.7. The third-order valence-electron chi connectivity index (χ3n) is 5.44. The van der Waals surface area contributed by atoms with E-state index < -0.39 is 10.0 Å². The molecule has 1 N–H and O–H groups in total. The average Bonchev–Trinajstić information content (AvgIpc) is 3.14. The van der Waals surface area contributed by atoms with E-state index in [1.54, 1.807) is 41.3 Å². The number of amides is 1. The zero-order valence-electron chi connectivity index (χ0n) is 18.8. The van der Waals surface area contributed by atoms with Gasteiger partial charge in [0.1, 0.15) is 11.5 Å². The van der Waals surface area contributed by atoms with E-state index in [-0.39, 0.29) is 23.5 Å². The van der Waals surface area contributed by atoms with Crippen molar-refractivity contribution in [3.63, 3.8) is 0 Å². The van der Waals surface area contributed by atoms with Crippen LogP contribution in [0, 0.1) is 0 Å². The van der Waals surface area contributed by atoms with Crippen molar-refractivity contribution in [1.82, 2.24) is 0 Å². The van der Waals surface area contributed by atoms with Crippen molar-refractivity contribution in [1.29, 1.82) is 0 Å². The Morgan fingerprint density at radius 2 is 1.68 bits per heavy atom. The van der Waals surface area contributed by atoms with Crippen molar-refractivity contribution < 1.29 is 22.7 Å². The van der Waals surface area contributed by atoms with Crippen LogP contribution in [0.5, 0.6) is 11.5 Å². The molecule has 1 amide bonds. The molecule has 9 heteroatoms. The summed E-state index contributed by atoms with van der Waals surface area (Å²) in [7, 11) is -3.77. The normalized spacial score (nSPS) is 15.0. The highest BCUT2D eigenvalue weighted by Crippen LogP contribution is 2.34. The van der Waals surface area contributed by atoms with Crippen molar-refractivity contribution in [2.45, 2.75) is 31.2 Å². The molecule has 0 aromatic heterocycles. The lowest BCUT2D eigenvalue weighted by molar-refractivity contribution is -0.120. The molecule has 1 atom stereocenters. The molecule has 7 nitrogen and oxygen atoms in total. The van der Waals surface area contributed by atoms with Crippen molar-refractivity contribution >= 4 is 43.2 Å². The lowest BCUT2D eigenvalue weighted by atomic mass is 10.1. The SMILES string of the molecule is CCOc1ccc(NS(=O)(=O)c2ccc(OCC(=O)N3c4ccc(Br)cc4C[C@@H]3C)cc2)cc1. The molecule has 0 bridgehead atoms. The van der Waals surface area contributed by atoms with Crippen LogP contribution in [0.3, 0.4) is 0 Å². The van der Waals surface area contributed by atoms with Crippen LogP contribution in [0.15, 0.2) is 76.1 Å². The number of anilines is 2. The minimum absolute atomic E-state index is 0.0431. The van der Waals surface area contributed by atoms with Crippen LogP contribution in [0.25, 0.3) is 0 Å². The zero-order valence-corrected chi connectivity index (χ0v) is 21.2. The molecule has 4 rings (SSSR count). The number of rotatable bonds is 8. The molecule has 1 aliphatic rings. The Morgan fingerprint density at radius 3 is 2.35 bits per heavy atom. The number of sulfonamides is 1. The van der Waals surface area contributed by atoms with E-state index in [1.165, 1.54) is 12.1 Å². The lowest BCUT2D eigenvalue weighted by Gasteiger charge is -2.22. The molecular weight excluding hydrogens is 520 g/mol. The van der Waals surface area contributed by atoms with Gasteiger partial charge in [-0.05, 0) is 92.6 Å². The van der Waals surface area contributed by atoms with Gasteiger partial charge in [0.25, 0.3) is 15.9 Å². The summed E-state index contributed by atoms with van der Waals surface area (Å²) in [6.07, 6.45) is 0.786. The number of hydrogen-bond donors (Lipinski definition) is 1. The minimum atomic E-state index is -3.77. The van der Waals surface area contributed by atoms with E-state index in [0.29, 0.717) is 23.8 Å². The molecule has 0 radical (unpaired) electrons.